The van der Waals surface area contributed by atoms with Crippen LogP contribution >= 0.6 is 11.6 Å². The van der Waals surface area contributed by atoms with Crippen LogP contribution in [-0.2, 0) is 32.6 Å². The van der Waals surface area contributed by atoms with Crippen LogP contribution in [0.2, 0.25) is 5.02 Å². The zero-order valence-corrected chi connectivity index (χ0v) is 29.6. The van der Waals surface area contributed by atoms with Crippen LogP contribution in [-0.4, -0.2) is 72.7 Å². The van der Waals surface area contributed by atoms with Gasteiger partial charge in [-0.2, -0.15) is 0 Å². The van der Waals surface area contributed by atoms with Crippen molar-refractivity contribution in [1.82, 2.24) is 10.2 Å². The van der Waals surface area contributed by atoms with Gasteiger partial charge in [-0.05, 0) is 48.4 Å². The van der Waals surface area contributed by atoms with E-state index >= 15 is 0 Å². The van der Waals surface area contributed by atoms with E-state index in [0.717, 1.165) is 9.87 Å². The molecule has 0 aliphatic carbocycles. The highest BCUT2D eigenvalue weighted by Gasteiger charge is 2.36. The lowest BCUT2D eigenvalue weighted by Gasteiger charge is -2.34. The minimum Gasteiger partial charge on any atom is -0.497 e. The third-order valence-corrected chi connectivity index (χ3v) is 9.92. The molecule has 0 aromatic heterocycles. The molecule has 0 saturated carbocycles. The number of nitrogens with zero attached hydrogens (tertiary/aromatic N) is 2. The Morgan fingerprint density at radius 2 is 1.45 bits per heavy atom. The highest BCUT2D eigenvalue weighted by Crippen LogP contribution is 2.38. The number of benzene rings is 4. The Kier molecular flexibility index (Phi) is 12.8. The first kappa shape index (κ1) is 36.9. The van der Waals surface area contributed by atoms with E-state index in [2.05, 4.69) is 5.32 Å². The normalized spacial score (nSPS) is 11.6. The number of nitrogens with one attached hydrogen (secondary N) is 1. The summed E-state index contributed by atoms with van der Waals surface area (Å²) in [5.74, 6) is -0.0829. The number of ether oxygens (including phenoxy) is 4. The van der Waals surface area contributed by atoms with Crippen molar-refractivity contribution < 1.29 is 37.0 Å². The standard InChI is InChI=1S/C36H40ClN3O8S/c1-6-38-36(42)31(20-25-12-8-7-9-13-25)39(23-26-14-10-11-15-29(26)37)35(41)24-40(30-21-27(45-2)16-18-32(30)46-3)49(43,44)28-17-19-33(47-4)34(22-28)48-5/h7-19,21-22,31H,6,20,23-24H2,1-5H3,(H,38,42). The fourth-order valence-electron chi connectivity index (χ4n) is 5.27. The van der Waals surface area contributed by atoms with E-state index in [1.54, 1.807) is 43.3 Å². The van der Waals surface area contributed by atoms with E-state index in [4.69, 9.17) is 30.5 Å². The van der Waals surface area contributed by atoms with Crippen LogP contribution in [0, 0.1) is 0 Å². The van der Waals surface area contributed by atoms with Crippen LogP contribution in [0.5, 0.6) is 23.0 Å². The first-order chi connectivity index (χ1) is 23.6. The maximum atomic E-state index is 14.7. The maximum Gasteiger partial charge on any atom is 0.265 e. The molecule has 11 nitrogen and oxygen atoms in total. The minimum absolute atomic E-state index is 0.0419. The lowest BCUT2D eigenvalue weighted by atomic mass is 10.0. The topological polar surface area (TPSA) is 124 Å². The lowest BCUT2D eigenvalue weighted by molar-refractivity contribution is -0.140. The molecule has 0 radical (unpaired) electrons. The summed E-state index contributed by atoms with van der Waals surface area (Å²) in [5, 5.41) is 3.23. The van der Waals surface area contributed by atoms with E-state index in [0.29, 0.717) is 28.6 Å². The molecule has 1 N–H and O–H groups in total. The van der Waals surface area contributed by atoms with Crippen molar-refractivity contribution in [2.45, 2.75) is 30.8 Å². The van der Waals surface area contributed by atoms with Crippen molar-refractivity contribution in [3.8, 4) is 23.0 Å². The molecule has 260 valence electrons. The predicted molar refractivity (Wildman–Crippen MR) is 188 cm³/mol. The second kappa shape index (κ2) is 16.9. The van der Waals surface area contributed by atoms with Gasteiger partial charge in [-0.3, -0.25) is 13.9 Å². The molecule has 0 fully saturated rings. The van der Waals surface area contributed by atoms with Gasteiger partial charge in [-0.15, -0.1) is 0 Å². The number of rotatable bonds is 16. The molecule has 4 aromatic rings. The minimum atomic E-state index is -4.51. The smallest absolute Gasteiger partial charge is 0.265 e. The number of halogens is 1. The molecule has 0 heterocycles. The molecule has 1 unspecified atom stereocenters. The van der Waals surface area contributed by atoms with Gasteiger partial charge in [0.15, 0.2) is 11.5 Å². The molecule has 2 amide bonds. The Labute approximate surface area is 292 Å². The molecule has 13 heteroatoms. The summed E-state index contributed by atoms with van der Waals surface area (Å²) in [7, 11) is 1.15. The van der Waals surface area contributed by atoms with Crippen LogP contribution in [0.1, 0.15) is 18.1 Å². The van der Waals surface area contributed by atoms with E-state index in [1.807, 2.05) is 30.3 Å². The van der Waals surface area contributed by atoms with Gasteiger partial charge in [0.05, 0.1) is 39.0 Å². The quantitative estimate of drug-likeness (QED) is 0.165. The number of anilines is 1. The van der Waals surface area contributed by atoms with Crippen LogP contribution in [0.25, 0.3) is 0 Å². The Hall–Kier alpha value is -4.94. The number of sulfonamides is 1. The largest absolute Gasteiger partial charge is 0.497 e. The van der Waals surface area contributed by atoms with E-state index < -0.39 is 34.4 Å². The number of carbonyl (C=O) groups is 2. The summed E-state index contributed by atoms with van der Waals surface area (Å²) in [4.78, 5) is 29.6. The summed E-state index contributed by atoms with van der Waals surface area (Å²) < 4.78 is 51.8. The zero-order valence-electron chi connectivity index (χ0n) is 28.0. The number of carbonyl (C=O) groups excluding carboxylic acids is 2. The molecule has 0 bridgehead atoms. The van der Waals surface area contributed by atoms with E-state index in [1.165, 1.54) is 57.6 Å². The number of amides is 2. The summed E-state index contributed by atoms with van der Waals surface area (Å²) >= 11 is 6.56. The van der Waals surface area contributed by atoms with Gasteiger partial charge in [0.1, 0.15) is 24.1 Å². The van der Waals surface area contributed by atoms with Crippen LogP contribution < -0.4 is 28.6 Å². The van der Waals surface area contributed by atoms with Gasteiger partial charge >= 0.3 is 0 Å². The average molecular weight is 710 g/mol. The van der Waals surface area contributed by atoms with Crippen LogP contribution in [0.3, 0.4) is 0 Å². The third-order valence-electron chi connectivity index (χ3n) is 7.80. The molecule has 0 aliphatic rings. The Morgan fingerprint density at radius 1 is 0.796 bits per heavy atom. The van der Waals surface area contributed by atoms with E-state index in [-0.39, 0.29) is 35.0 Å². The Bertz CT molecular complexity index is 1860. The van der Waals surface area contributed by atoms with Crippen molar-refractivity contribution >= 4 is 39.1 Å². The summed E-state index contributed by atoms with van der Waals surface area (Å²) in [5.41, 5.74) is 1.42. The molecule has 1 atom stereocenters. The van der Waals surface area contributed by atoms with Crippen LogP contribution in [0.15, 0.2) is 95.9 Å². The van der Waals surface area contributed by atoms with Gasteiger partial charge in [0.2, 0.25) is 11.8 Å². The molecule has 4 aromatic carbocycles. The van der Waals surface area contributed by atoms with Gasteiger partial charge in [-0.1, -0.05) is 60.1 Å². The summed E-state index contributed by atoms with van der Waals surface area (Å²) in [6.45, 7) is 1.31. The average Bonchev–Trinajstić information content (AvgIpc) is 3.12. The maximum absolute atomic E-state index is 14.7. The predicted octanol–water partition coefficient (Wildman–Crippen LogP) is 5.35. The monoisotopic (exact) mass is 709 g/mol. The second-order valence-electron chi connectivity index (χ2n) is 10.8. The van der Waals surface area contributed by atoms with Gasteiger partial charge in [0.25, 0.3) is 10.0 Å². The van der Waals surface area contributed by atoms with Crippen molar-refractivity contribution in [3.63, 3.8) is 0 Å². The second-order valence-corrected chi connectivity index (χ2v) is 13.0. The van der Waals surface area contributed by atoms with Crippen molar-refractivity contribution in [2.24, 2.45) is 0 Å². The number of hydrogen-bond acceptors (Lipinski definition) is 8. The Balaban J connectivity index is 1.90. The SMILES string of the molecule is CCNC(=O)C(Cc1ccccc1)N(Cc1ccccc1Cl)C(=O)CN(c1cc(OC)ccc1OC)S(=O)(=O)c1ccc(OC)c(OC)c1. The van der Waals surface area contributed by atoms with Crippen molar-refractivity contribution in [2.75, 3.05) is 45.8 Å². The number of methoxy groups -OCH3 is 4. The Morgan fingerprint density at radius 3 is 2.08 bits per heavy atom. The van der Waals surface area contributed by atoms with Crippen molar-refractivity contribution in [3.05, 3.63) is 107 Å². The fourth-order valence-corrected chi connectivity index (χ4v) is 6.89. The zero-order chi connectivity index (χ0) is 35.6. The van der Waals surface area contributed by atoms with Gasteiger partial charge in [0, 0.05) is 36.7 Å². The molecule has 0 spiro atoms. The third kappa shape index (κ3) is 8.76. The molecular weight excluding hydrogens is 670 g/mol. The molecular formula is C36H40ClN3O8S. The highest BCUT2D eigenvalue weighted by molar-refractivity contribution is 7.92. The van der Waals surface area contributed by atoms with Gasteiger partial charge < -0.3 is 29.2 Å². The van der Waals surface area contributed by atoms with Crippen molar-refractivity contribution in [1.29, 1.82) is 0 Å². The molecule has 0 aliphatic heterocycles. The fraction of sp³-hybridized carbons (Fsp3) is 0.278. The lowest BCUT2D eigenvalue weighted by Crippen LogP contribution is -2.53. The van der Waals surface area contributed by atoms with Gasteiger partial charge in [-0.25, -0.2) is 8.42 Å². The number of hydrogen-bond donors (Lipinski definition) is 1. The summed E-state index contributed by atoms with van der Waals surface area (Å²) in [6, 6.07) is 24.0. The van der Waals surface area contributed by atoms with Crippen LogP contribution in [0.4, 0.5) is 5.69 Å². The van der Waals surface area contributed by atoms with E-state index in [9.17, 15) is 18.0 Å². The molecule has 49 heavy (non-hydrogen) atoms. The number of likely N-dealkylation sites (N-methyl/N-ethyl adjacent to an activating group) is 1. The molecule has 4 rings (SSSR count). The first-order valence-electron chi connectivity index (χ1n) is 15.4. The molecule has 0 saturated heterocycles. The summed E-state index contributed by atoms with van der Waals surface area (Å²) in [6.07, 6.45) is 0.160. The first-order valence-corrected chi connectivity index (χ1v) is 17.2. The highest BCUT2D eigenvalue weighted by atomic mass is 35.5.